The molecule has 0 aliphatic heterocycles. The standard InChI is InChI=1S/C18H18N2O4S2/c1-13-7-9-16(12-18(13)26(23,24)19-2)20-25(21,22)17-10-8-14-5-3-4-6-15(14)11-17/h3-12,19-20H,1-2H3. The van der Waals surface area contributed by atoms with E-state index in [1.165, 1.54) is 25.2 Å². The number of anilines is 1. The molecule has 0 bridgehead atoms. The minimum atomic E-state index is -3.85. The normalized spacial score (nSPS) is 12.2. The van der Waals surface area contributed by atoms with Crippen molar-refractivity contribution in [3.63, 3.8) is 0 Å². The van der Waals surface area contributed by atoms with E-state index in [2.05, 4.69) is 9.44 Å². The summed E-state index contributed by atoms with van der Waals surface area (Å²) in [5.74, 6) is 0. The fraction of sp³-hybridized carbons (Fsp3) is 0.111. The molecule has 0 fully saturated rings. The summed E-state index contributed by atoms with van der Waals surface area (Å²) in [6.45, 7) is 1.64. The molecule has 0 radical (unpaired) electrons. The molecule has 0 aliphatic rings. The summed E-state index contributed by atoms with van der Waals surface area (Å²) in [6, 6.07) is 16.7. The number of rotatable bonds is 5. The highest BCUT2D eigenvalue weighted by molar-refractivity contribution is 7.92. The van der Waals surface area contributed by atoms with Crippen LogP contribution in [0.2, 0.25) is 0 Å². The lowest BCUT2D eigenvalue weighted by Crippen LogP contribution is -2.20. The third-order valence-electron chi connectivity index (χ3n) is 4.03. The van der Waals surface area contributed by atoms with Gasteiger partial charge in [-0.2, -0.15) is 0 Å². The smallest absolute Gasteiger partial charge is 0.261 e. The number of aryl methyl sites for hydroxylation is 1. The minimum absolute atomic E-state index is 0.0266. The Morgan fingerprint density at radius 3 is 2.15 bits per heavy atom. The number of fused-ring (bicyclic) bond motifs is 1. The van der Waals surface area contributed by atoms with Crippen LogP contribution < -0.4 is 9.44 Å². The maximum absolute atomic E-state index is 12.7. The molecule has 3 aromatic carbocycles. The Balaban J connectivity index is 2.00. The van der Waals surface area contributed by atoms with Crippen molar-refractivity contribution in [1.29, 1.82) is 0 Å². The average molecular weight is 390 g/mol. The molecule has 0 saturated carbocycles. The molecule has 26 heavy (non-hydrogen) atoms. The van der Waals surface area contributed by atoms with Gasteiger partial charge in [0.1, 0.15) is 0 Å². The lowest BCUT2D eigenvalue weighted by Gasteiger charge is -2.12. The van der Waals surface area contributed by atoms with E-state index in [-0.39, 0.29) is 15.5 Å². The molecule has 8 heteroatoms. The molecule has 6 nitrogen and oxygen atoms in total. The zero-order valence-electron chi connectivity index (χ0n) is 14.2. The highest BCUT2D eigenvalue weighted by Crippen LogP contribution is 2.24. The summed E-state index contributed by atoms with van der Waals surface area (Å²) in [4.78, 5) is 0.133. The molecule has 136 valence electrons. The van der Waals surface area contributed by atoms with E-state index in [4.69, 9.17) is 0 Å². The molecule has 0 atom stereocenters. The average Bonchev–Trinajstić information content (AvgIpc) is 2.62. The molecule has 0 amide bonds. The summed E-state index contributed by atoms with van der Waals surface area (Å²) in [5.41, 5.74) is 0.700. The molecule has 0 aromatic heterocycles. The van der Waals surface area contributed by atoms with Gasteiger partial charge in [-0.1, -0.05) is 36.4 Å². The fourth-order valence-electron chi connectivity index (χ4n) is 2.61. The van der Waals surface area contributed by atoms with Crippen molar-refractivity contribution in [3.8, 4) is 0 Å². The van der Waals surface area contributed by atoms with Crippen LogP contribution in [0.5, 0.6) is 0 Å². The van der Waals surface area contributed by atoms with Gasteiger partial charge in [0.15, 0.2) is 0 Å². The van der Waals surface area contributed by atoms with E-state index in [0.29, 0.717) is 5.56 Å². The second-order valence-electron chi connectivity index (χ2n) is 5.80. The number of nitrogens with one attached hydrogen (secondary N) is 2. The van der Waals surface area contributed by atoms with Crippen LogP contribution in [-0.2, 0) is 20.0 Å². The first-order valence-corrected chi connectivity index (χ1v) is 10.8. The molecular formula is C18H18N2O4S2. The van der Waals surface area contributed by atoms with Crippen molar-refractivity contribution in [1.82, 2.24) is 4.72 Å². The number of hydrogen-bond acceptors (Lipinski definition) is 4. The Morgan fingerprint density at radius 1 is 0.769 bits per heavy atom. The molecule has 0 aliphatic carbocycles. The van der Waals surface area contributed by atoms with Crippen molar-refractivity contribution < 1.29 is 16.8 Å². The van der Waals surface area contributed by atoms with Crippen molar-refractivity contribution in [2.45, 2.75) is 16.7 Å². The zero-order chi connectivity index (χ0) is 18.9. The fourth-order valence-corrected chi connectivity index (χ4v) is 4.69. The summed E-state index contributed by atoms with van der Waals surface area (Å²) in [6.07, 6.45) is 0. The van der Waals surface area contributed by atoms with E-state index in [0.717, 1.165) is 10.8 Å². The monoisotopic (exact) mass is 390 g/mol. The first-order chi connectivity index (χ1) is 12.2. The van der Waals surface area contributed by atoms with Gasteiger partial charge in [-0.25, -0.2) is 21.6 Å². The SMILES string of the molecule is CNS(=O)(=O)c1cc(NS(=O)(=O)c2ccc3ccccc3c2)ccc1C. The molecule has 0 saturated heterocycles. The van der Waals surface area contributed by atoms with Crippen LogP contribution in [0.25, 0.3) is 10.8 Å². The Labute approximate surface area is 153 Å². The van der Waals surface area contributed by atoms with Gasteiger partial charge < -0.3 is 0 Å². The van der Waals surface area contributed by atoms with Crippen LogP contribution in [0.3, 0.4) is 0 Å². The van der Waals surface area contributed by atoms with Crippen LogP contribution in [0, 0.1) is 6.92 Å². The molecule has 0 spiro atoms. The Kier molecular flexibility index (Phi) is 4.74. The Hall–Kier alpha value is -2.42. The van der Waals surface area contributed by atoms with Gasteiger partial charge in [-0.05, 0) is 54.6 Å². The second kappa shape index (κ2) is 6.71. The topological polar surface area (TPSA) is 92.3 Å². The van der Waals surface area contributed by atoms with E-state index < -0.39 is 20.0 Å². The van der Waals surface area contributed by atoms with Gasteiger partial charge in [0, 0.05) is 0 Å². The maximum Gasteiger partial charge on any atom is 0.261 e. The van der Waals surface area contributed by atoms with E-state index in [9.17, 15) is 16.8 Å². The molecule has 3 aromatic rings. The molecule has 3 rings (SSSR count). The highest BCUT2D eigenvalue weighted by atomic mass is 32.2. The minimum Gasteiger partial charge on any atom is -0.280 e. The number of benzene rings is 3. The lowest BCUT2D eigenvalue weighted by atomic mass is 10.1. The molecular weight excluding hydrogens is 372 g/mol. The van der Waals surface area contributed by atoms with Gasteiger partial charge in [-0.3, -0.25) is 4.72 Å². The van der Waals surface area contributed by atoms with Gasteiger partial charge in [0.25, 0.3) is 10.0 Å². The second-order valence-corrected chi connectivity index (χ2v) is 9.34. The maximum atomic E-state index is 12.7. The molecule has 0 unspecified atom stereocenters. The van der Waals surface area contributed by atoms with E-state index >= 15 is 0 Å². The van der Waals surface area contributed by atoms with Gasteiger partial charge in [0.2, 0.25) is 10.0 Å². The largest absolute Gasteiger partial charge is 0.280 e. The van der Waals surface area contributed by atoms with Gasteiger partial charge in [0.05, 0.1) is 15.5 Å². The van der Waals surface area contributed by atoms with Crippen molar-refractivity contribution in [2.75, 3.05) is 11.8 Å². The molecule has 2 N–H and O–H groups in total. The van der Waals surface area contributed by atoms with Crippen LogP contribution in [0.1, 0.15) is 5.56 Å². The van der Waals surface area contributed by atoms with Gasteiger partial charge in [-0.15, -0.1) is 0 Å². The van der Waals surface area contributed by atoms with Crippen LogP contribution in [-0.4, -0.2) is 23.9 Å². The molecule has 0 heterocycles. The predicted octanol–water partition coefficient (Wildman–Crippen LogP) is 2.86. The van der Waals surface area contributed by atoms with Crippen LogP contribution in [0.15, 0.2) is 70.5 Å². The summed E-state index contributed by atoms with van der Waals surface area (Å²) in [5, 5.41) is 1.74. The lowest BCUT2D eigenvalue weighted by molar-refractivity contribution is 0.587. The zero-order valence-corrected chi connectivity index (χ0v) is 15.9. The summed E-state index contributed by atoms with van der Waals surface area (Å²) in [7, 11) is -6.23. The number of hydrogen-bond donors (Lipinski definition) is 2. The quantitative estimate of drug-likeness (QED) is 0.701. The first-order valence-electron chi connectivity index (χ1n) is 7.79. The van der Waals surface area contributed by atoms with Crippen molar-refractivity contribution in [3.05, 3.63) is 66.2 Å². The Bertz CT molecular complexity index is 1190. The Morgan fingerprint density at radius 2 is 1.46 bits per heavy atom. The van der Waals surface area contributed by atoms with E-state index in [1.54, 1.807) is 25.1 Å². The van der Waals surface area contributed by atoms with Crippen molar-refractivity contribution in [2.24, 2.45) is 0 Å². The summed E-state index contributed by atoms with van der Waals surface area (Å²) >= 11 is 0. The van der Waals surface area contributed by atoms with Crippen LogP contribution >= 0.6 is 0 Å². The predicted molar refractivity (Wildman–Crippen MR) is 102 cm³/mol. The number of sulfonamides is 2. The van der Waals surface area contributed by atoms with Crippen LogP contribution in [0.4, 0.5) is 5.69 Å². The highest BCUT2D eigenvalue weighted by Gasteiger charge is 2.19. The third-order valence-corrected chi connectivity index (χ3v) is 6.97. The first kappa shape index (κ1) is 18.4. The summed E-state index contributed by atoms with van der Waals surface area (Å²) < 4.78 is 54.2. The van der Waals surface area contributed by atoms with Crippen molar-refractivity contribution >= 4 is 36.5 Å². The third kappa shape index (κ3) is 3.57. The van der Waals surface area contributed by atoms with E-state index in [1.807, 2.05) is 24.3 Å². The van der Waals surface area contributed by atoms with Gasteiger partial charge >= 0.3 is 0 Å².